The zero-order chi connectivity index (χ0) is 25.8. The molecule has 1 N–H and O–H groups in total. The van der Waals surface area contributed by atoms with Crippen molar-refractivity contribution < 1.29 is 19.1 Å². The number of rotatable bonds is 14. The molecule has 1 heterocycles. The minimum absolute atomic E-state index is 0.239. The van der Waals surface area contributed by atoms with Crippen LogP contribution in [0, 0.1) is 0 Å². The van der Waals surface area contributed by atoms with E-state index in [0.29, 0.717) is 18.7 Å². The molecule has 0 amide bonds. The highest BCUT2D eigenvalue weighted by atomic mass is 16.5. The smallest absolute Gasteiger partial charge is 0.340 e. The number of hydrogen-bond donors (Lipinski definition) is 1. The summed E-state index contributed by atoms with van der Waals surface area (Å²) in [5, 5.41) is 3.41. The number of imidazole rings is 1. The van der Waals surface area contributed by atoms with Crippen LogP contribution in [0.15, 0.2) is 54.7 Å². The number of carbonyl (C=O) groups excluding carboxylic acids is 2. The molecule has 0 spiro atoms. The maximum absolute atomic E-state index is 12.7. The standard InChI is InChI=1S/C29H37N3O4/c1-4-6-10-18-36-29(34)25-11-8-9-12-26(25)30-20-24-21-31-27(13-7-5-2)32(24)23-16-14-22(15-17-23)19-28(33)35-3/h8-9,11-12,14-17,21,30H,4-7,10,13,18-20H2,1-3H3. The SMILES string of the molecule is CCCCCOC(=O)c1ccccc1NCc1cnc(CCCC)n1-c1ccc(CC(=O)OC)cc1. The third-order valence-corrected chi connectivity index (χ3v) is 6.02. The van der Waals surface area contributed by atoms with Gasteiger partial charge in [0.2, 0.25) is 0 Å². The highest BCUT2D eigenvalue weighted by Crippen LogP contribution is 2.21. The number of nitrogens with one attached hydrogen (secondary N) is 1. The summed E-state index contributed by atoms with van der Waals surface area (Å²) in [7, 11) is 1.39. The van der Waals surface area contributed by atoms with Crippen molar-refractivity contribution in [3.8, 4) is 5.69 Å². The molecule has 0 atom stereocenters. The minimum atomic E-state index is -0.312. The summed E-state index contributed by atoms with van der Waals surface area (Å²) < 4.78 is 12.4. The molecule has 0 saturated heterocycles. The lowest BCUT2D eigenvalue weighted by molar-refractivity contribution is -0.139. The fourth-order valence-corrected chi connectivity index (χ4v) is 3.98. The number of benzene rings is 2. The zero-order valence-corrected chi connectivity index (χ0v) is 21.6. The lowest BCUT2D eigenvalue weighted by Gasteiger charge is -2.15. The number of carbonyl (C=O) groups is 2. The van der Waals surface area contributed by atoms with E-state index in [1.807, 2.05) is 48.7 Å². The fraction of sp³-hybridized carbons (Fsp3) is 0.414. The molecular weight excluding hydrogens is 454 g/mol. The van der Waals surface area contributed by atoms with Crippen molar-refractivity contribution in [1.82, 2.24) is 9.55 Å². The van der Waals surface area contributed by atoms with E-state index in [4.69, 9.17) is 14.5 Å². The number of aromatic nitrogens is 2. The van der Waals surface area contributed by atoms with Crippen molar-refractivity contribution in [2.24, 2.45) is 0 Å². The largest absolute Gasteiger partial charge is 0.469 e. The molecule has 192 valence electrons. The number of ether oxygens (including phenoxy) is 2. The summed E-state index contributed by atoms with van der Waals surface area (Å²) in [5.74, 6) is 0.409. The van der Waals surface area contributed by atoms with Crippen molar-refractivity contribution in [2.45, 2.75) is 65.3 Å². The molecule has 1 aromatic heterocycles. The summed E-state index contributed by atoms with van der Waals surface area (Å²) in [6.07, 6.45) is 8.09. The fourth-order valence-electron chi connectivity index (χ4n) is 3.98. The van der Waals surface area contributed by atoms with E-state index >= 15 is 0 Å². The second-order valence-corrected chi connectivity index (χ2v) is 8.77. The van der Waals surface area contributed by atoms with Crippen LogP contribution in [0.3, 0.4) is 0 Å². The predicted octanol–water partition coefficient (Wildman–Crippen LogP) is 5.89. The number of aryl methyl sites for hydroxylation is 1. The van der Waals surface area contributed by atoms with E-state index in [2.05, 4.69) is 23.7 Å². The summed E-state index contributed by atoms with van der Waals surface area (Å²) in [5.41, 5.74) is 4.11. The summed E-state index contributed by atoms with van der Waals surface area (Å²) in [4.78, 5) is 29.0. The average molecular weight is 492 g/mol. The molecule has 0 radical (unpaired) electrons. The summed E-state index contributed by atoms with van der Waals surface area (Å²) in [6.45, 7) is 5.20. The third kappa shape index (κ3) is 7.44. The topological polar surface area (TPSA) is 82.5 Å². The van der Waals surface area contributed by atoms with E-state index in [-0.39, 0.29) is 18.4 Å². The van der Waals surface area contributed by atoms with Crippen LogP contribution in [0.4, 0.5) is 5.69 Å². The van der Waals surface area contributed by atoms with E-state index in [0.717, 1.165) is 67.0 Å². The van der Waals surface area contributed by atoms with E-state index in [1.165, 1.54) is 7.11 Å². The number of unbranched alkanes of at least 4 members (excludes halogenated alkanes) is 3. The molecule has 3 aromatic rings. The van der Waals surface area contributed by atoms with Gasteiger partial charge in [0.1, 0.15) is 5.82 Å². The molecule has 3 rings (SSSR count). The van der Waals surface area contributed by atoms with Crippen LogP contribution in [0.5, 0.6) is 0 Å². The van der Waals surface area contributed by atoms with Crippen LogP contribution < -0.4 is 5.32 Å². The van der Waals surface area contributed by atoms with Crippen molar-refractivity contribution in [3.05, 3.63) is 77.4 Å². The number of hydrogen-bond acceptors (Lipinski definition) is 6. The van der Waals surface area contributed by atoms with Gasteiger partial charge in [0.25, 0.3) is 0 Å². The first-order valence-electron chi connectivity index (χ1n) is 12.8. The Labute approximate surface area is 213 Å². The monoisotopic (exact) mass is 491 g/mol. The summed E-state index contributed by atoms with van der Waals surface area (Å²) >= 11 is 0. The third-order valence-electron chi connectivity index (χ3n) is 6.02. The van der Waals surface area contributed by atoms with E-state index in [1.54, 1.807) is 6.07 Å². The van der Waals surface area contributed by atoms with Gasteiger partial charge >= 0.3 is 11.9 Å². The van der Waals surface area contributed by atoms with Gasteiger partial charge in [-0.15, -0.1) is 0 Å². The molecule has 0 unspecified atom stereocenters. The molecular formula is C29H37N3O4. The van der Waals surface area contributed by atoms with Gasteiger partial charge in [-0.05, 0) is 42.7 Å². The van der Waals surface area contributed by atoms with Gasteiger partial charge in [0, 0.05) is 17.8 Å². The molecule has 0 bridgehead atoms. The Hall–Kier alpha value is -3.61. The van der Waals surface area contributed by atoms with Crippen LogP contribution >= 0.6 is 0 Å². The van der Waals surface area contributed by atoms with Crippen molar-refractivity contribution in [3.63, 3.8) is 0 Å². The Morgan fingerprint density at radius 3 is 2.44 bits per heavy atom. The van der Waals surface area contributed by atoms with Crippen LogP contribution in [-0.4, -0.2) is 35.2 Å². The maximum Gasteiger partial charge on any atom is 0.340 e. The maximum atomic E-state index is 12.7. The van der Waals surface area contributed by atoms with Gasteiger partial charge in [0.15, 0.2) is 0 Å². The van der Waals surface area contributed by atoms with Gasteiger partial charge in [-0.2, -0.15) is 0 Å². The lowest BCUT2D eigenvalue weighted by Crippen LogP contribution is -2.13. The van der Waals surface area contributed by atoms with Crippen LogP contribution in [0.2, 0.25) is 0 Å². The molecule has 0 aliphatic carbocycles. The molecule has 2 aromatic carbocycles. The van der Waals surface area contributed by atoms with Gasteiger partial charge in [0.05, 0.1) is 44.1 Å². The zero-order valence-electron chi connectivity index (χ0n) is 21.6. The van der Waals surface area contributed by atoms with Gasteiger partial charge in [-0.25, -0.2) is 9.78 Å². The van der Waals surface area contributed by atoms with Gasteiger partial charge in [-0.1, -0.05) is 57.4 Å². The molecule has 7 heteroatoms. The van der Waals surface area contributed by atoms with Gasteiger partial charge in [-0.3, -0.25) is 9.36 Å². The Kier molecular flexibility index (Phi) is 10.5. The molecule has 0 saturated carbocycles. The Balaban J connectivity index is 1.79. The summed E-state index contributed by atoms with van der Waals surface area (Å²) in [6, 6.07) is 15.3. The van der Waals surface area contributed by atoms with Crippen LogP contribution in [0.1, 0.15) is 73.4 Å². The lowest BCUT2D eigenvalue weighted by atomic mass is 10.1. The highest BCUT2D eigenvalue weighted by Gasteiger charge is 2.15. The molecule has 7 nitrogen and oxygen atoms in total. The number of para-hydroxylation sites is 1. The Bertz CT molecular complexity index is 1120. The molecule has 0 fully saturated rings. The van der Waals surface area contributed by atoms with Crippen molar-refractivity contribution in [2.75, 3.05) is 19.0 Å². The predicted molar refractivity (Wildman–Crippen MR) is 141 cm³/mol. The first-order chi connectivity index (χ1) is 17.6. The number of nitrogens with zero attached hydrogens (tertiary/aromatic N) is 2. The molecule has 36 heavy (non-hydrogen) atoms. The molecule has 0 aliphatic heterocycles. The highest BCUT2D eigenvalue weighted by molar-refractivity contribution is 5.95. The first-order valence-corrected chi connectivity index (χ1v) is 12.8. The number of methoxy groups -OCH3 is 1. The molecule has 0 aliphatic rings. The second-order valence-electron chi connectivity index (χ2n) is 8.77. The second kappa shape index (κ2) is 14.1. The van der Waals surface area contributed by atoms with Crippen LogP contribution in [-0.2, 0) is 33.7 Å². The normalized spacial score (nSPS) is 10.8. The Morgan fingerprint density at radius 1 is 0.972 bits per heavy atom. The quantitative estimate of drug-likeness (QED) is 0.224. The van der Waals surface area contributed by atoms with E-state index < -0.39 is 0 Å². The minimum Gasteiger partial charge on any atom is -0.469 e. The Morgan fingerprint density at radius 2 is 1.72 bits per heavy atom. The van der Waals surface area contributed by atoms with E-state index in [9.17, 15) is 9.59 Å². The van der Waals surface area contributed by atoms with Crippen LogP contribution in [0.25, 0.3) is 5.69 Å². The van der Waals surface area contributed by atoms with Gasteiger partial charge < -0.3 is 14.8 Å². The average Bonchev–Trinajstić information content (AvgIpc) is 3.31. The van der Waals surface area contributed by atoms with Crippen molar-refractivity contribution in [1.29, 1.82) is 0 Å². The number of anilines is 1. The first kappa shape index (κ1) is 27.0. The van der Waals surface area contributed by atoms with Crippen molar-refractivity contribution >= 4 is 17.6 Å². The number of esters is 2.